The molecule has 4 heteroatoms. The number of fused-ring (bicyclic) bond motifs is 6. The second-order valence-corrected chi connectivity index (χ2v) is 16.3. The molecule has 1 aliphatic rings. The number of thiophene rings is 1. The van der Waals surface area contributed by atoms with Gasteiger partial charge in [0.05, 0.1) is 0 Å². The summed E-state index contributed by atoms with van der Waals surface area (Å²) in [5, 5.41) is 16.9. The van der Waals surface area contributed by atoms with Crippen molar-refractivity contribution in [3.8, 4) is 78.1 Å². The van der Waals surface area contributed by atoms with Crippen LogP contribution in [0.15, 0.2) is 176 Å². The third kappa shape index (κ3) is 5.44. The monoisotopic (exact) mass is 759 g/mol. The van der Waals surface area contributed by atoms with Crippen LogP contribution in [-0.4, -0.2) is 15.4 Å². The van der Waals surface area contributed by atoms with Gasteiger partial charge in [-0.3, -0.25) is 0 Å². The van der Waals surface area contributed by atoms with Crippen molar-refractivity contribution in [2.75, 3.05) is 0 Å². The highest BCUT2D eigenvalue weighted by molar-refractivity contribution is 7.26. The molecule has 11 rings (SSSR count). The van der Waals surface area contributed by atoms with Crippen molar-refractivity contribution in [2.45, 2.75) is 20.3 Å². The smallest absolute Gasteiger partial charge is 0.105 e. The summed E-state index contributed by atoms with van der Waals surface area (Å²) in [6.45, 7) is 4.57. The van der Waals surface area contributed by atoms with Gasteiger partial charge in [-0.1, -0.05) is 164 Å². The third-order valence-corrected chi connectivity index (χ3v) is 13.1. The van der Waals surface area contributed by atoms with E-state index in [-0.39, 0.29) is 0 Å². The zero-order valence-electron chi connectivity index (χ0n) is 32.2. The van der Waals surface area contributed by atoms with E-state index in [1.54, 1.807) is 0 Å². The van der Waals surface area contributed by atoms with Crippen LogP contribution in [-0.2, 0) is 6.42 Å². The molecule has 2 aromatic heterocycles. The average molecular weight is 760 g/mol. The van der Waals surface area contributed by atoms with Crippen molar-refractivity contribution >= 4 is 31.5 Å². The highest BCUT2D eigenvalue weighted by Crippen LogP contribution is 2.52. The van der Waals surface area contributed by atoms with E-state index in [0.717, 1.165) is 56.8 Å². The van der Waals surface area contributed by atoms with E-state index in [9.17, 15) is 0 Å². The molecule has 8 aromatic carbocycles. The normalized spacial score (nSPS) is 11.9. The van der Waals surface area contributed by atoms with Gasteiger partial charge in [-0.05, 0) is 110 Å². The highest BCUT2D eigenvalue weighted by Gasteiger charge is 2.29. The molecule has 10 aromatic rings. The lowest BCUT2D eigenvalue weighted by molar-refractivity contribution is 0.879. The molecule has 0 fully saturated rings. The predicted octanol–water partition coefficient (Wildman–Crippen LogP) is 14.4. The molecule has 3 nitrogen and oxygen atoms in total. The molecular weight excluding hydrogens is 723 g/mol. The molecule has 0 saturated heterocycles. The molecule has 1 aliphatic carbocycles. The first kappa shape index (κ1) is 34.3. The first-order valence-electron chi connectivity index (χ1n) is 19.8. The summed E-state index contributed by atoms with van der Waals surface area (Å²) >= 11 is 1.86. The van der Waals surface area contributed by atoms with Crippen LogP contribution in [0.4, 0.5) is 0 Å². The number of benzene rings is 8. The Morgan fingerprint density at radius 1 is 0.431 bits per heavy atom. The summed E-state index contributed by atoms with van der Waals surface area (Å²) in [5.41, 5.74) is 20.9. The lowest BCUT2D eigenvalue weighted by Gasteiger charge is -2.22. The van der Waals surface area contributed by atoms with Gasteiger partial charge in [0.1, 0.15) is 11.4 Å². The van der Waals surface area contributed by atoms with Gasteiger partial charge in [-0.2, -0.15) is 0 Å². The van der Waals surface area contributed by atoms with E-state index in [1.165, 1.54) is 70.2 Å². The lowest BCUT2D eigenvalue weighted by atomic mass is 9.81. The Labute approximate surface area is 342 Å². The van der Waals surface area contributed by atoms with Gasteiger partial charge in [-0.15, -0.1) is 21.5 Å². The zero-order valence-corrected chi connectivity index (χ0v) is 33.0. The standard InChI is InChI=1S/C54H37N3S/c1-33-31-45-39-23-10-9-21-37(39)32-46(45)49(34(33)2)44-29-30-48-51(43-27-15-16-28-47(43)58-48)50(44)41-25-13-14-26-42(41)54-52(53(55-57-56-54)36-19-7-4-8-20-36)40-24-12-11-22-38(40)35-17-5-3-6-18-35/h3-31H,32H2,1-2H3. The van der Waals surface area contributed by atoms with Crippen molar-refractivity contribution in [3.05, 3.63) is 198 Å². The summed E-state index contributed by atoms with van der Waals surface area (Å²) in [7, 11) is 0. The zero-order chi connectivity index (χ0) is 38.7. The summed E-state index contributed by atoms with van der Waals surface area (Å²) in [4.78, 5) is 0. The van der Waals surface area contributed by atoms with Crippen molar-refractivity contribution in [2.24, 2.45) is 0 Å². The Morgan fingerprint density at radius 3 is 1.81 bits per heavy atom. The number of aryl methyl sites for hydroxylation is 1. The number of rotatable bonds is 6. The number of aromatic nitrogens is 3. The number of hydrogen-bond donors (Lipinski definition) is 0. The Kier molecular flexibility index (Phi) is 8.19. The van der Waals surface area contributed by atoms with E-state index in [1.807, 2.05) is 17.4 Å². The van der Waals surface area contributed by atoms with Crippen LogP contribution in [0.5, 0.6) is 0 Å². The molecule has 58 heavy (non-hydrogen) atoms. The topological polar surface area (TPSA) is 38.7 Å². The molecule has 0 radical (unpaired) electrons. The van der Waals surface area contributed by atoms with Gasteiger partial charge in [0.15, 0.2) is 0 Å². The van der Waals surface area contributed by atoms with Gasteiger partial charge >= 0.3 is 0 Å². The summed E-state index contributed by atoms with van der Waals surface area (Å²) in [6.07, 6.45) is 0.905. The van der Waals surface area contributed by atoms with Gasteiger partial charge in [0.2, 0.25) is 0 Å². The molecular formula is C54H37N3S. The van der Waals surface area contributed by atoms with E-state index in [2.05, 4.69) is 189 Å². The predicted molar refractivity (Wildman–Crippen MR) is 243 cm³/mol. The minimum atomic E-state index is 0.799. The minimum Gasteiger partial charge on any atom is -0.135 e. The van der Waals surface area contributed by atoms with E-state index < -0.39 is 0 Å². The lowest BCUT2D eigenvalue weighted by Crippen LogP contribution is -2.03. The van der Waals surface area contributed by atoms with Crippen LogP contribution in [0.2, 0.25) is 0 Å². The van der Waals surface area contributed by atoms with Crippen LogP contribution >= 0.6 is 11.3 Å². The van der Waals surface area contributed by atoms with Crippen LogP contribution in [0.3, 0.4) is 0 Å². The van der Waals surface area contributed by atoms with E-state index in [4.69, 9.17) is 10.2 Å². The summed E-state index contributed by atoms with van der Waals surface area (Å²) < 4.78 is 2.54. The summed E-state index contributed by atoms with van der Waals surface area (Å²) in [5.74, 6) is 0. The molecule has 0 bridgehead atoms. The van der Waals surface area contributed by atoms with Crippen molar-refractivity contribution in [3.63, 3.8) is 0 Å². The Morgan fingerprint density at radius 2 is 1.03 bits per heavy atom. The number of hydrogen-bond acceptors (Lipinski definition) is 4. The maximum atomic E-state index is 5.02. The Bertz CT molecular complexity index is 3220. The molecule has 0 spiro atoms. The SMILES string of the molecule is Cc1cc2c(c(-c3ccc4sc5ccccc5c4c3-c3ccccc3-c3nnnc(-c4ccccc4)c3-c3ccccc3-c3ccccc3)c1C)Cc1ccccc1-2. The van der Waals surface area contributed by atoms with E-state index in [0.29, 0.717) is 0 Å². The van der Waals surface area contributed by atoms with Gasteiger partial charge in [0, 0.05) is 36.9 Å². The van der Waals surface area contributed by atoms with Crippen LogP contribution in [0.1, 0.15) is 22.3 Å². The fraction of sp³-hybridized carbons (Fsp3) is 0.0556. The molecule has 0 aliphatic heterocycles. The molecule has 0 atom stereocenters. The maximum absolute atomic E-state index is 5.02. The Hall–Kier alpha value is -7.01. The fourth-order valence-electron chi connectivity index (χ4n) is 9.23. The van der Waals surface area contributed by atoms with Crippen molar-refractivity contribution in [1.82, 2.24) is 15.4 Å². The first-order valence-corrected chi connectivity index (χ1v) is 20.6. The van der Waals surface area contributed by atoms with Gasteiger partial charge in [0.25, 0.3) is 0 Å². The largest absolute Gasteiger partial charge is 0.135 e. The van der Waals surface area contributed by atoms with Gasteiger partial charge < -0.3 is 0 Å². The average Bonchev–Trinajstić information content (AvgIpc) is 3.85. The van der Waals surface area contributed by atoms with Gasteiger partial charge in [-0.25, -0.2) is 0 Å². The molecule has 0 saturated carbocycles. The van der Waals surface area contributed by atoms with E-state index >= 15 is 0 Å². The fourth-order valence-corrected chi connectivity index (χ4v) is 10.3. The summed E-state index contributed by atoms with van der Waals surface area (Å²) in [6, 6.07) is 63.3. The molecule has 0 N–H and O–H groups in total. The molecule has 0 amide bonds. The van der Waals surface area contributed by atoms with Crippen LogP contribution < -0.4 is 0 Å². The molecule has 274 valence electrons. The highest BCUT2D eigenvalue weighted by atomic mass is 32.1. The first-order chi connectivity index (χ1) is 28.6. The second-order valence-electron chi connectivity index (χ2n) is 15.2. The quantitative estimate of drug-likeness (QED) is 0.169. The second kappa shape index (κ2) is 13.9. The third-order valence-electron chi connectivity index (χ3n) is 12.0. The molecule has 2 heterocycles. The Balaban J connectivity index is 1.26. The minimum absolute atomic E-state index is 0.799. The number of nitrogens with zero attached hydrogens (tertiary/aromatic N) is 3. The maximum Gasteiger partial charge on any atom is 0.105 e. The van der Waals surface area contributed by atoms with Crippen LogP contribution in [0, 0.1) is 13.8 Å². The van der Waals surface area contributed by atoms with Crippen molar-refractivity contribution < 1.29 is 0 Å². The molecule has 0 unspecified atom stereocenters. The van der Waals surface area contributed by atoms with Crippen molar-refractivity contribution in [1.29, 1.82) is 0 Å². The van der Waals surface area contributed by atoms with Crippen LogP contribution in [0.25, 0.3) is 98.3 Å².